The number of carbonyl (C=O) groups is 2. The standard InChI is InChI=1S/C16H23Cl2N3O2/c1-4-5-11(2)19-15(22)9-21(3)10-16(23)20-12-6-7-13(17)14(18)8-12/h6-8,11H,4-5,9-10H2,1-3H3,(H,19,22)(H,20,23). The summed E-state index contributed by atoms with van der Waals surface area (Å²) in [6.45, 7) is 4.32. The second-order valence-electron chi connectivity index (χ2n) is 5.61. The Morgan fingerprint density at radius 2 is 1.83 bits per heavy atom. The third kappa shape index (κ3) is 7.68. The lowest BCUT2D eigenvalue weighted by atomic mass is 10.2. The second-order valence-corrected chi connectivity index (χ2v) is 6.42. The van der Waals surface area contributed by atoms with Crippen LogP contribution in [0, 0.1) is 0 Å². The van der Waals surface area contributed by atoms with E-state index in [0.29, 0.717) is 15.7 Å². The van der Waals surface area contributed by atoms with Crippen LogP contribution in [0.1, 0.15) is 26.7 Å². The summed E-state index contributed by atoms with van der Waals surface area (Å²) in [5, 5.41) is 6.43. The molecule has 0 saturated heterocycles. The number of amides is 2. The Hall–Kier alpha value is -1.30. The largest absolute Gasteiger partial charge is 0.353 e. The molecule has 0 fully saturated rings. The third-order valence-electron chi connectivity index (χ3n) is 3.16. The Labute approximate surface area is 147 Å². The molecule has 0 aliphatic rings. The number of benzene rings is 1. The smallest absolute Gasteiger partial charge is 0.238 e. The van der Waals surface area contributed by atoms with Gasteiger partial charge in [-0.25, -0.2) is 0 Å². The van der Waals surface area contributed by atoms with E-state index in [-0.39, 0.29) is 30.9 Å². The number of hydrogen-bond donors (Lipinski definition) is 2. The molecule has 0 saturated carbocycles. The molecule has 5 nitrogen and oxygen atoms in total. The summed E-state index contributed by atoms with van der Waals surface area (Å²) in [5.41, 5.74) is 0.568. The van der Waals surface area contributed by atoms with Crippen LogP contribution in [0.25, 0.3) is 0 Å². The summed E-state index contributed by atoms with van der Waals surface area (Å²) < 4.78 is 0. The van der Waals surface area contributed by atoms with Crippen molar-refractivity contribution in [3.05, 3.63) is 28.2 Å². The number of rotatable bonds is 8. The van der Waals surface area contributed by atoms with Gasteiger partial charge >= 0.3 is 0 Å². The summed E-state index contributed by atoms with van der Waals surface area (Å²) in [4.78, 5) is 25.5. The Kier molecular flexibility index (Phi) is 8.37. The quantitative estimate of drug-likeness (QED) is 0.749. The molecule has 7 heteroatoms. The number of carbonyl (C=O) groups excluding carboxylic acids is 2. The lowest BCUT2D eigenvalue weighted by Gasteiger charge is -2.18. The molecule has 0 aromatic heterocycles. The van der Waals surface area contributed by atoms with Gasteiger partial charge in [0.2, 0.25) is 11.8 Å². The Morgan fingerprint density at radius 1 is 1.17 bits per heavy atom. The molecular weight excluding hydrogens is 337 g/mol. The van der Waals surface area contributed by atoms with Crippen LogP contribution in [0.2, 0.25) is 10.0 Å². The summed E-state index contributed by atoms with van der Waals surface area (Å²) >= 11 is 11.7. The van der Waals surface area contributed by atoms with Gasteiger partial charge in [0.1, 0.15) is 0 Å². The summed E-state index contributed by atoms with van der Waals surface area (Å²) in [6.07, 6.45) is 1.95. The fraction of sp³-hybridized carbons (Fsp3) is 0.500. The zero-order valence-corrected chi connectivity index (χ0v) is 15.2. The van der Waals surface area contributed by atoms with Gasteiger partial charge in [0, 0.05) is 11.7 Å². The summed E-state index contributed by atoms with van der Waals surface area (Å²) in [5.74, 6) is -0.309. The predicted molar refractivity (Wildman–Crippen MR) is 95.1 cm³/mol. The molecule has 0 aliphatic carbocycles. The SMILES string of the molecule is CCCC(C)NC(=O)CN(C)CC(=O)Nc1ccc(Cl)c(Cl)c1. The predicted octanol–water partition coefficient (Wildman–Crippen LogP) is 3.17. The summed E-state index contributed by atoms with van der Waals surface area (Å²) in [7, 11) is 1.72. The molecule has 0 radical (unpaired) electrons. The van der Waals surface area contributed by atoms with E-state index in [9.17, 15) is 9.59 Å². The molecule has 1 rings (SSSR count). The first-order valence-corrected chi connectivity index (χ1v) is 8.30. The molecule has 0 aliphatic heterocycles. The maximum Gasteiger partial charge on any atom is 0.238 e. The highest BCUT2D eigenvalue weighted by Crippen LogP contribution is 2.24. The third-order valence-corrected chi connectivity index (χ3v) is 3.90. The molecule has 2 N–H and O–H groups in total. The van der Waals surface area contributed by atoms with Crippen molar-refractivity contribution in [2.45, 2.75) is 32.7 Å². The van der Waals surface area contributed by atoms with Crippen molar-refractivity contribution in [1.29, 1.82) is 0 Å². The highest BCUT2D eigenvalue weighted by atomic mass is 35.5. The molecule has 0 heterocycles. The van der Waals surface area contributed by atoms with E-state index in [4.69, 9.17) is 23.2 Å². The van der Waals surface area contributed by atoms with E-state index in [1.807, 2.05) is 6.92 Å². The minimum Gasteiger partial charge on any atom is -0.353 e. The fourth-order valence-electron chi connectivity index (χ4n) is 2.15. The van der Waals surface area contributed by atoms with Crippen molar-refractivity contribution in [1.82, 2.24) is 10.2 Å². The molecule has 1 aromatic rings. The molecule has 0 bridgehead atoms. The zero-order chi connectivity index (χ0) is 17.4. The first-order valence-electron chi connectivity index (χ1n) is 7.54. The van der Waals surface area contributed by atoms with E-state index < -0.39 is 0 Å². The maximum atomic E-state index is 12.0. The van der Waals surface area contributed by atoms with Crippen LogP contribution in [0.4, 0.5) is 5.69 Å². The van der Waals surface area contributed by atoms with Crippen LogP contribution in [0.15, 0.2) is 18.2 Å². The highest BCUT2D eigenvalue weighted by molar-refractivity contribution is 6.42. The van der Waals surface area contributed by atoms with Crippen LogP contribution in [-0.4, -0.2) is 42.9 Å². The minimum absolute atomic E-state index is 0.0872. The lowest BCUT2D eigenvalue weighted by Crippen LogP contribution is -2.41. The number of likely N-dealkylation sites (N-methyl/N-ethyl adjacent to an activating group) is 1. The number of anilines is 1. The van der Waals surface area contributed by atoms with Gasteiger partial charge in [-0.05, 0) is 38.6 Å². The average Bonchev–Trinajstić information content (AvgIpc) is 2.42. The van der Waals surface area contributed by atoms with Gasteiger partial charge < -0.3 is 10.6 Å². The number of halogens is 2. The van der Waals surface area contributed by atoms with Gasteiger partial charge in [-0.15, -0.1) is 0 Å². The van der Waals surface area contributed by atoms with E-state index in [0.717, 1.165) is 12.8 Å². The van der Waals surface area contributed by atoms with Gasteiger partial charge in [-0.1, -0.05) is 36.5 Å². The lowest BCUT2D eigenvalue weighted by molar-refractivity contribution is -0.123. The molecule has 1 aromatic carbocycles. The second kappa shape index (κ2) is 9.75. The first kappa shape index (κ1) is 19.7. The Morgan fingerprint density at radius 3 is 2.43 bits per heavy atom. The van der Waals surface area contributed by atoms with Gasteiger partial charge in [-0.3, -0.25) is 14.5 Å². The van der Waals surface area contributed by atoms with Crippen molar-refractivity contribution in [3.63, 3.8) is 0 Å². The number of nitrogens with zero attached hydrogens (tertiary/aromatic N) is 1. The fourth-order valence-corrected chi connectivity index (χ4v) is 2.44. The Bertz CT molecular complexity index is 552. The van der Waals surface area contributed by atoms with Crippen LogP contribution in [-0.2, 0) is 9.59 Å². The topological polar surface area (TPSA) is 61.4 Å². The first-order chi connectivity index (χ1) is 10.8. The molecular formula is C16H23Cl2N3O2. The van der Waals surface area contributed by atoms with Crippen molar-refractivity contribution in [2.75, 3.05) is 25.5 Å². The van der Waals surface area contributed by atoms with Crippen LogP contribution >= 0.6 is 23.2 Å². The van der Waals surface area contributed by atoms with Gasteiger partial charge in [0.15, 0.2) is 0 Å². The Balaban J connectivity index is 2.41. The normalized spacial score (nSPS) is 12.1. The van der Waals surface area contributed by atoms with E-state index in [2.05, 4.69) is 17.6 Å². The molecule has 2 amide bonds. The van der Waals surface area contributed by atoms with Crippen molar-refractivity contribution in [3.8, 4) is 0 Å². The number of nitrogens with one attached hydrogen (secondary N) is 2. The molecule has 1 atom stereocenters. The highest BCUT2D eigenvalue weighted by Gasteiger charge is 2.13. The van der Waals surface area contributed by atoms with Gasteiger partial charge in [0.05, 0.1) is 23.1 Å². The molecule has 1 unspecified atom stereocenters. The maximum absolute atomic E-state index is 12.0. The summed E-state index contributed by atoms with van der Waals surface area (Å²) in [6, 6.07) is 5.02. The zero-order valence-electron chi connectivity index (χ0n) is 13.7. The minimum atomic E-state index is -0.222. The van der Waals surface area contributed by atoms with Gasteiger partial charge in [-0.2, -0.15) is 0 Å². The monoisotopic (exact) mass is 359 g/mol. The van der Waals surface area contributed by atoms with E-state index in [1.54, 1.807) is 30.1 Å². The van der Waals surface area contributed by atoms with Crippen LogP contribution in [0.3, 0.4) is 0 Å². The molecule has 128 valence electrons. The van der Waals surface area contributed by atoms with Crippen LogP contribution < -0.4 is 10.6 Å². The van der Waals surface area contributed by atoms with E-state index in [1.165, 1.54) is 0 Å². The molecule has 0 spiro atoms. The average molecular weight is 360 g/mol. The van der Waals surface area contributed by atoms with Crippen molar-refractivity contribution in [2.24, 2.45) is 0 Å². The molecule has 23 heavy (non-hydrogen) atoms. The van der Waals surface area contributed by atoms with Crippen molar-refractivity contribution < 1.29 is 9.59 Å². The van der Waals surface area contributed by atoms with Gasteiger partial charge in [0.25, 0.3) is 0 Å². The van der Waals surface area contributed by atoms with Crippen molar-refractivity contribution >= 4 is 40.7 Å². The van der Waals surface area contributed by atoms with E-state index >= 15 is 0 Å². The number of hydrogen-bond acceptors (Lipinski definition) is 3. The van der Waals surface area contributed by atoms with Crippen LogP contribution in [0.5, 0.6) is 0 Å².